The largest absolute Gasteiger partial charge is 0.369 e. The fraction of sp³-hybridized carbons (Fsp3) is 0.160. The molecular weight excluding hydrogens is 552 g/mol. The lowest BCUT2D eigenvalue weighted by molar-refractivity contribution is -0.120. The number of aryl methyl sites for hydroxylation is 1. The Morgan fingerprint density at radius 1 is 1.00 bits per heavy atom. The van der Waals surface area contributed by atoms with E-state index in [1.165, 1.54) is 12.1 Å². The Bertz CT molecular complexity index is 1410. The van der Waals surface area contributed by atoms with E-state index in [0.717, 1.165) is 0 Å². The third-order valence-corrected chi connectivity index (χ3v) is 7.91. The number of nitrogens with zero attached hydrogens (tertiary/aromatic N) is 1. The Morgan fingerprint density at radius 2 is 1.66 bits per heavy atom. The summed E-state index contributed by atoms with van der Waals surface area (Å²) in [6, 6.07) is 16.1. The van der Waals surface area contributed by atoms with E-state index >= 15 is 0 Å². The molecule has 2 unspecified atom stereocenters. The first kappa shape index (κ1) is 25.6. The second-order valence-electron chi connectivity index (χ2n) is 8.22. The summed E-state index contributed by atoms with van der Waals surface area (Å²) in [5.74, 6) is -1.96. The number of amides is 2. The molecule has 2 atom stereocenters. The van der Waals surface area contributed by atoms with Crippen molar-refractivity contribution in [2.75, 3.05) is 5.32 Å². The van der Waals surface area contributed by atoms with Crippen molar-refractivity contribution in [2.24, 2.45) is 5.73 Å². The zero-order chi connectivity index (χ0) is 25.7. The molecule has 35 heavy (non-hydrogen) atoms. The fourth-order valence-electron chi connectivity index (χ4n) is 4.46. The summed E-state index contributed by atoms with van der Waals surface area (Å²) in [4.78, 5) is 25.8. The van der Waals surface area contributed by atoms with Gasteiger partial charge in [-0.05, 0) is 72.1 Å². The first-order valence-electron chi connectivity index (χ1n) is 10.2. The van der Waals surface area contributed by atoms with Gasteiger partial charge in [0.2, 0.25) is 5.91 Å². The standard InChI is InChI=1S/C25H16Cl5N3O2/c1-12-6-13(11-31)2-4-18(12)22(34)33-20-9-15(3-5-19(20)28)24(23(32)35)21(25(24,29)30)14-7-16(26)10-17(27)8-14/h2-10,21H,1H3,(H2,32,35)(H,33,34). The van der Waals surface area contributed by atoms with Gasteiger partial charge in [-0.3, -0.25) is 9.59 Å². The minimum Gasteiger partial charge on any atom is -0.369 e. The molecule has 5 nitrogen and oxygen atoms in total. The third-order valence-electron chi connectivity index (χ3n) is 6.11. The van der Waals surface area contributed by atoms with E-state index in [-0.39, 0.29) is 10.7 Å². The zero-order valence-electron chi connectivity index (χ0n) is 18.0. The van der Waals surface area contributed by atoms with Crippen LogP contribution in [0.3, 0.4) is 0 Å². The number of benzene rings is 3. The highest BCUT2D eigenvalue weighted by atomic mass is 35.5. The lowest BCUT2D eigenvalue weighted by Crippen LogP contribution is -2.34. The summed E-state index contributed by atoms with van der Waals surface area (Å²) in [7, 11) is 0. The Hall–Kier alpha value is -2.46. The van der Waals surface area contributed by atoms with Gasteiger partial charge in [-0.15, -0.1) is 0 Å². The molecule has 0 spiro atoms. The summed E-state index contributed by atoms with van der Waals surface area (Å²) < 4.78 is -1.61. The quantitative estimate of drug-likeness (QED) is 0.333. The number of carbonyl (C=O) groups excluding carboxylic acids is 2. The number of carbonyl (C=O) groups is 2. The van der Waals surface area contributed by atoms with Crippen molar-refractivity contribution >= 4 is 75.5 Å². The molecule has 1 saturated carbocycles. The van der Waals surface area contributed by atoms with E-state index in [0.29, 0.717) is 37.9 Å². The molecule has 1 aliphatic rings. The van der Waals surface area contributed by atoms with Gasteiger partial charge >= 0.3 is 0 Å². The second kappa shape index (κ2) is 9.20. The molecule has 4 rings (SSSR count). The molecule has 178 valence electrons. The number of rotatable bonds is 5. The Balaban J connectivity index is 1.75. The number of anilines is 1. The molecule has 0 heterocycles. The number of hydrogen-bond acceptors (Lipinski definition) is 3. The van der Waals surface area contributed by atoms with Crippen molar-refractivity contribution in [3.05, 3.63) is 97.5 Å². The Kier molecular flexibility index (Phi) is 6.74. The van der Waals surface area contributed by atoms with Gasteiger partial charge in [-0.2, -0.15) is 5.26 Å². The average molecular weight is 568 g/mol. The maximum atomic E-state index is 13.0. The van der Waals surface area contributed by atoms with Crippen LogP contribution >= 0.6 is 58.0 Å². The van der Waals surface area contributed by atoms with Gasteiger partial charge in [0.05, 0.1) is 22.3 Å². The van der Waals surface area contributed by atoms with Crippen molar-refractivity contribution in [3.63, 3.8) is 0 Å². The number of nitrogens with two attached hydrogens (primary N) is 1. The van der Waals surface area contributed by atoms with Crippen LogP contribution < -0.4 is 11.1 Å². The molecule has 1 aliphatic carbocycles. The number of alkyl halides is 2. The van der Waals surface area contributed by atoms with Crippen LogP contribution in [0.4, 0.5) is 5.69 Å². The van der Waals surface area contributed by atoms with Crippen LogP contribution in [0.1, 0.15) is 38.5 Å². The zero-order valence-corrected chi connectivity index (χ0v) is 21.8. The SMILES string of the molecule is Cc1cc(C#N)ccc1C(=O)Nc1cc(C2(C(N)=O)C(c3cc(Cl)cc(Cl)c3)C2(Cl)Cl)ccc1Cl. The minimum absolute atomic E-state index is 0.228. The van der Waals surface area contributed by atoms with E-state index in [2.05, 4.69) is 5.32 Å². The maximum Gasteiger partial charge on any atom is 0.255 e. The third kappa shape index (κ3) is 4.24. The van der Waals surface area contributed by atoms with Crippen LogP contribution in [-0.4, -0.2) is 16.1 Å². The summed E-state index contributed by atoms with van der Waals surface area (Å²) in [5, 5.41) is 12.7. The molecule has 0 aliphatic heterocycles. The molecule has 0 saturated heterocycles. The van der Waals surface area contributed by atoms with Gasteiger partial charge in [0.25, 0.3) is 5.91 Å². The van der Waals surface area contributed by atoms with Gasteiger partial charge in [0.15, 0.2) is 0 Å². The Morgan fingerprint density at radius 3 is 2.23 bits per heavy atom. The van der Waals surface area contributed by atoms with E-state index in [1.807, 2.05) is 6.07 Å². The normalized spacial score (nSPS) is 20.1. The molecule has 3 aromatic rings. The molecule has 3 aromatic carbocycles. The van der Waals surface area contributed by atoms with Crippen molar-refractivity contribution in [2.45, 2.75) is 22.6 Å². The number of halogens is 5. The van der Waals surface area contributed by atoms with Crippen LogP contribution in [-0.2, 0) is 10.2 Å². The lowest BCUT2D eigenvalue weighted by Gasteiger charge is -2.18. The highest BCUT2D eigenvalue weighted by molar-refractivity contribution is 6.55. The molecule has 0 bridgehead atoms. The first-order chi connectivity index (χ1) is 16.4. The van der Waals surface area contributed by atoms with Gasteiger partial charge in [0.1, 0.15) is 9.75 Å². The summed E-state index contributed by atoms with van der Waals surface area (Å²) in [6.07, 6.45) is 0. The van der Waals surface area contributed by atoms with Crippen molar-refractivity contribution < 1.29 is 9.59 Å². The number of nitriles is 1. The molecule has 0 radical (unpaired) electrons. The van der Waals surface area contributed by atoms with Crippen LogP contribution in [0.15, 0.2) is 54.6 Å². The van der Waals surface area contributed by atoms with Gasteiger partial charge < -0.3 is 11.1 Å². The summed E-state index contributed by atoms with van der Waals surface area (Å²) >= 11 is 32.0. The van der Waals surface area contributed by atoms with E-state index in [9.17, 15) is 9.59 Å². The van der Waals surface area contributed by atoms with Gasteiger partial charge in [-0.1, -0.05) is 64.1 Å². The molecule has 2 amide bonds. The predicted molar refractivity (Wildman–Crippen MR) is 140 cm³/mol. The molecular formula is C25H16Cl5N3O2. The number of primary amides is 1. The predicted octanol–water partition coefficient (Wildman–Crippen LogP) is 6.77. The average Bonchev–Trinajstić information content (AvgIpc) is 3.31. The first-order valence-corrected chi connectivity index (χ1v) is 12.1. The smallest absolute Gasteiger partial charge is 0.255 e. The molecule has 0 aromatic heterocycles. The number of nitrogens with one attached hydrogen (secondary N) is 1. The summed E-state index contributed by atoms with van der Waals surface area (Å²) in [6.45, 7) is 1.72. The highest BCUT2D eigenvalue weighted by Gasteiger charge is 2.80. The second-order valence-corrected chi connectivity index (χ2v) is 10.9. The topological polar surface area (TPSA) is 96.0 Å². The van der Waals surface area contributed by atoms with E-state index < -0.39 is 27.5 Å². The van der Waals surface area contributed by atoms with Crippen molar-refractivity contribution in [1.82, 2.24) is 0 Å². The maximum absolute atomic E-state index is 13.0. The van der Waals surface area contributed by atoms with Crippen LogP contribution in [0.25, 0.3) is 0 Å². The van der Waals surface area contributed by atoms with Crippen LogP contribution in [0.2, 0.25) is 15.1 Å². The lowest BCUT2D eigenvalue weighted by atomic mass is 9.89. The van der Waals surface area contributed by atoms with Crippen LogP contribution in [0.5, 0.6) is 0 Å². The fourth-order valence-corrected chi connectivity index (χ4v) is 6.26. The number of hydrogen-bond donors (Lipinski definition) is 2. The molecule has 10 heteroatoms. The minimum atomic E-state index is -1.61. The van der Waals surface area contributed by atoms with Gasteiger partial charge in [-0.25, -0.2) is 0 Å². The van der Waals surface area contributed by atoms with E-state index in [4.69, 9.17) is 69.0 Å². The highest BCUT2D eigenvalue weighted by Crippen LogP contribution is 2.74. The Labute approximate surface area is 226 Å². The van der Waals surface area contributed by atoms with Crippen LogP contribution in [0, 0.1) is 18.3 Å². The molecule has 3 N–H and O–H groups in total. The van der Waals surface area contributed by atoms with Crippen molar-refractivity contribution in [1.29, 1.82) is 5.26 Å². The van der Waals surface area contributed by atoms with Crippen molar-refractivity contribution in [3.8, 4) is 6.07 Å². The monoisotopic (exact) mass is 565 g/mol. The summed E-state index contributed by atoms with van der Waals surface area (Å²) in [5.41, 5.74) is 6.87. The molecule has 1 fully saturated rings. The van der Waals surface area contributed by atoms with E-state index in [1.54, 1.807) is 49.4 Å². The van der Waals surface area contributed by atoms with Gasteiger partial charge in [0, 0.05) is 21.5 Å².